The van der Waals surface area contributed by atoms with Crippen molar-refractivity contribution >= 4 is 23.6 Å². The van der Waals surface area contributed by atoms with Gasteiger partial charge in [0.15, 0.2) is 0 Å². The Morgan fingerprint density at radius 2 is 1.84 bits per heavy atom. The van der Waals surface area contributed by atoms with Gasteiger partial charge in [-0.2, -0.15) is 0 Å². The Labute approximate surface area is 111 Å². The monoisotopic (exact) mass is 252 g/mol. The number of aryl methyl sites for hydroxylation is 1. The van der Waals surface area contributed by atoms with Crippen LogP contribution in [0.1, 0.15) is 5.82 Å². The molecule has 0 saturated heterocycles. The Bertz CT molecular complexity index is 737. The molecular weight excluding hydrogens is 239 g/mol. The van der Waals surface area contributed by atoms with Crippen molar-refractivity contribution in [2.75, 3.05) is 0 Å². The maximum atomic E-state index is 9.26. The minimum atomic E-state index is -1.46. The molecule has 0 atom stereocenters. The molecule has 3 rings (SSSR count). The van der Waals surface area contributed by atoms with Gasteiger partial charge in [-0.3, -0.25) is 4.57 Å². The van der Waals surface area contributed by atoms with Crippen molar-refractivity contribution in [3.63, 3.8) is 0 Å². The first-order valence-electron chi connectivity index (χ1n) is 6.07. The van der Waals surface area contributed by atoms with Gasteiger partial charge < -0.3 is 10.0 Å². The van der Waals surface area contributed by atoms with E-state index in [1.54, 1.807) is 18.2 Å². The molecule has 0 saturated carbocycles. The van der Waals surface area contributed by atoms with Crippen molar-refractivity contribution in [2.24, 2.45) is 0 Å². The lowest BCUT2D eigenvalue weighted by Crippen LogP contribution is -2.29. The van der Waals surface area contributed by atoms with Gasteiger partial charge in [-0.25, -0.2) is 4.98 Å². The fourth-order valence-electron chi connectivity index (χ4n) is 2.30. The summed E-state index contributed by atoms with van der Waals surface area (Å²) in [5.41, 5.74) is 3.27. The number of imidazole rings is 1. The number of rotatable bonds is 2. The van der Waals surface area contributed by atoms with Gasteiger partial charge in [0.25, 0.3) is 0 Å². The predicted molar refractivity (Wildman–Crippen MR) is 75.6 cm³/mol. The second kappa shape index (κ2) is 4.53. The first-order valence-corrected chi connectivity index (χ1v) is 6.07. The van der Waals surface area contributed by atoms with Gasteiger partial charge in [0.1, 0.15) is 5.82 Å². The second-order valence-corrected chi connectivity index (χ2v) is 4.45. The Hall–Kier alpha value is -2.11. The van der Waals surface area contributed by atoms with E-state index in [0.717, 1.165) is 22.5 Å². The lowest BCUT2D eigenvalue weighted by atomic mass is 9.80. The van der Waals surface area contributed by atoms with Crippen molar-refractivity contribution in [3.05, 3.63) is 54.4 Å². The molecule has 0 fully saturated rings. The smallest absolute Gasteiger partial charge is 0.423 e. The molecule has 1 heterocycles. The minimum Gasteiger partial charge on any atom is -0.423 e. The molecular formula is C14H13BN2O2. The third-order valence-corrected chi connectivity index (χ3v) is 3.16. The average molecular weight is 252 g/mol. The molecule has 0 spiro atoms. The Balaban J connectivity index is 2.24. The van der Waals surface area contributed by atoms with Crippen LogP contribution >= 0.6 is 0 Å². The van der Waals surface area contributed by atoms with Crippen LogP contribution in [0.2, 0.25) is 0 Å². The van der Waals surface area contributed by atoms with Gasteiger partial charge in [-0.15, -0.1) is 0 Å². The molecule has 0 aliphatic heterocycles. The van der Waals surface area contributed by atoms with Crippen LogP contribution in [0.25, 0.3) is 16.7 Å². The van der Waals surface area contributed by atoms with E-state index >= 15 is 0 Å². The summed E-state index contributed by atoms with van der Waals surface area (Å²) in [5.74, 6) is 0.866. The summed E-state index contributed by atoms with van der Waals surface area (Å²) in [4.78, 5) is 4.50. The fourth-order valence-corrected chi connectivity index (χ4v) is 2.30. The van der Waals surface area contributed by atoms with Gasteiger partial charge in [0, 0.05) is 5.69 Å². The van der Waals surface area contributed by atoms with Gasteiger partial charge in [0.05, 0.1) is 11.0 Å². The summed E-state index contributed by atoms with van der Waals surface area (Å²) in [6, 6.07) is 15.0. The molecule has 4 nitrogen and oxygen atoms in total. The first-order chi connectivity index (χ1) is 9.16. The van der Waals surface area contributed by atoms with Crippen molar-refractivity contribution in [1.82, 2.24) is 9.55 Å². The van der Waals surface area contributed by atoms with Crippen LogP contribution in [-0.2, 0) is 0 Å². The van der Waals surface area contributed by atoms with Crippen LogP contribution in [0.4, 0.5) is 0 Å². The number of benzene rings is 2. The van der Waals surface area contributed by atoms with Crippen molar-refractivity contribution in [1.29, 1.82) is 0 Å². The molecule has 3 aromatic rings. The van der Waals surface area contributed by atoms with E-state index in [4.69, 9.17) is 0 Å². The van der Waals surface area contributed by atoms with Gasteiger partial charge in [0.2, 0.25) is 0 Å². The second-order valence-electron chi connectivity index (χ2n) is 4.45. The number of nitrogens with zero attached hydrogens (tertiary/aromatic N) is 2. The highest BCUT2D eigenvalue weighted by Crippen LogP contribution is 2.20. The summed E-state index contributed by atoms with van der Waals surface area (Å²) in [6.45, 7) is 1.93. The van der Waals surface area contributed by atoms with Gasteiger partial charge in [-0.1, -0.05) is 24.3 Å². The maximum Gasteiger partial charge on any atom is 0.488 e. The van der Waals surface area contributed by atoms with Gasteiger partial charge >= 0.3 is 7.12 Å². The fraction of sp³-hybridized carbons (Fsp3) is 0.0714. The van der Waals surface area contributed by atoms with Crippen molar-refractivity contribution < 1.29 is 10.0 Å². The number of hydrogen-bond donors (Lipinski definition) is 2. The zero-order chi connectivity index (χ0) is 13.4. The SMILES string of the molecule is Cc1nc2ccccc2n1-c1cccc(B(O)O)c1. The normalized spacial score (nSPS) is 10.9. The number of hydrogen-bond acceptors (Lipinski definition) is 3. The van der Waals surface area contributed by atoms with E-state index in [1.165, 1.54) is 0 Å². The number of aromatic nitrogens is 2. The van der Waals surface area contributed by atoms with Crippen LogP contribution < -0.4 is 5.46 Å². The predicted octanol–water partition coefficient (Wildman–Crippen LogP) is 1.01. The van der Waals surface area contributed by atoms with Crippen LogP contribution in [0.3, 0.4) is 0 Å². The van der Waals surface area contributed by atoms with Crippen LogP contribution in [0.15, 0.2) is 48.5 Å². The topological polar surface area (TPSA) is 58.3 Å². The molecule has 2 N–H and O–H groups in total. The Morgan fingerprint density at radius 3 is 2.63 bits per heavy atom. The Morgan fingerprint density at radius 1 is 1.05 bits per heavy atom. The van der Waals surface area contributed by atoms with Crippen molar-refractivity contribution in [2.45, 2.75) is 6.92 Å². The summed E-state index contributed by atoms with van der Waals surface area (Å²) >= 11 is 0. The van der Waals surface area contributed by atoms with E-state index in [1.807, 2.05) is 41.8 Å². The highest BCUT2D eigenvalue weighted by molar-refractivity contribution is 6.58. The molecule has 0 aliphatic carbocycles. The van der Waals surface area contributed by atoms with Crippen LogP contribution in [-0.4, -0.2) is 26.7 Å². The van der Waals surface area contributed by atoms with Gasteiger partial charge in [-0.05, 0) is 36.7 Å². The zero-order valence-corrected chi connectivity index (χ0v) is 10.5. The summed E-state index contributed by atoms with van der Waals surface area (Å²) in [6.07, 6.45) is 0. The highest BCUT2D eigenvalue weighted by atomic mass is 16.4. The molecule has 0 bridgehead atoms. The van der Waals surface area contributed by atoms with E-state index in [-0.39, 0.29) is 0 Å². The third kappa shape index (κ3) is 2.03. The lowest BCUT2D eigenvalue weighted by molar-refractivity contribution is 0.426. The van der Waals surface area contributed by atoms with E-state index in [0.29, 0.717) is 5.46 Å². The third-order valence-electron chi connectivity index (χ3n) is 3.16. The molecule has 1 aromatic heterocycles. The maximum absolute atomic E-state index is 9.26. The number of fused-ring (bicyclic) bond motifs is 1. The lowest BCUT2D eigenvalue weighted by Gasteiger charge is -2.08. The first kappa shape index (κ1) is 12.0. The van der Waals surface area contributed by atoms with Crippen molar-refractivity contribution in [3.8, 4) is 5.69 Å². The largest absolute Gasteiger partial charge is 0.488 e. The zero-order valence-electron chi connectivity index (χ0n) is 10.5. The van der Waals surface area contributed by atoms with E-state index in [2.05, 4.69) is 4.98 Å². The minimum absolute atomic E-state index is 0.467. The number of para-hydroxylation sites is 2. The molecule has 94 valence electrons. The average Bonchev–Trinajstić information content (AvgIpc) is 2.74. The summed E-state index contributed by atoms with van der Waals surface area (Å²) in [5, 5.41) is 18.5. The van der Waals surface area contributed by atoms with E-state index in [9.17, 15) is 10.0 Å². The van der Waals surface area contributed by atoms with E-state index < -0.39 is 7.12 Å². The molecule has 2 aromatic carbocycles. The quantitative estimate of drug-likeness (QED) is 0.669. The molecule has 5 heteroatoms. The molecule has 0 aliphatic rings. The van der Waals surface area contributed by atoms with Crippen LogP contribution in [0.5, 0.6) is 0 Å². The molecule has 0 radical (unpaired) electrons. The molecule has 19 heavy (non-hydrogen) atoms. The molecule has 0 amide bonds. The summed E-state index contributed by atoms with van der Waals surface area (Å²) < 4.78 is 2.00. The highest BCUT2D eigenvalue weighted by Gasteiger charge is 2.13. The summed E-state index contributed by atoms with van der Waals surface area (Å²) in [7, 11) is -1.46. The standard InChI is InChI=1S/C14H13BN2O2/c1-10-16-13-7-2-3-8-14(13)17(10)12-6-4-5-11(9-12)15(18)19/h2-9,18-19H,1H3. The Kier molecular flexibility index (Phi) is 2.85. The molecule has 0 unspecified atom stereocenters. The van der Waals surface area contributed by atoms with Crippen LogP contribution in [0, 0.1) is 6.92 Å².